The molecule has 230 valence electrons. The second kappa shape index (κ2) is 13.2. The van der Waals surface area contributed by atoms with Gasteiger partial charge in [-0.15, -0.1) is 11.3 Å². The Morgan fingerprint density at radius 1 is 1.19 bits per heavy atom. The number of ether oxygens (including phenoxy) is 1. The molecule has 0 bridgehead atoms. The maximum absolute atomic E-state index is 12.9. The molecule has 4 heterocycles. The zero-order valence-electron chi connectivity index (χ0n) is 23.9. The van der Waals surface area contributed by atoms with Crippen LogP contribution in [0.1, 0.15) is 42.3 Å². The molecule has 1 fully saturated rings. The molecule has 1 aliphatic heterocycles. The van der Waals surface area contributed by atoms with Gasteiger partial charge in [0.15, 0.2) is 0 Å². The number of fused-ring (bicyclic) bond motifs is 2. The molecule has 3 aromatic heterocycles. The first-order valence-electron chi connectivity index (χ1n) is 14.3. The molecule has 1 saturated heterocycles. The third kappa shape index (κ3) is 7.63. The van der Waals surface area contributed by atoms with Gasteiger partial charge < -0.3 is 24.8 Å². The van der Waals surface area contributed by atoms with E-state index >= 15 is 0 Å². The SMILES string of the molecule is CCCOCC(O)(CO)Cn1c(C#N)cc2cc(CN3CCC(Nc4ncnc5sc(CC(F)(F)F)cc45)CC3)ccc21. The van der Waals surface area contributed by atoms with Gasteiger partial charge in [-0.1, -0.05) is 13.0 Å². The van der Waals surface area contributed by atoms with E-state index in [0.717, 1.165) is 66.7 Å². The van der Waals surface area contributed by atoms with Crippen molar-refractivity contribution in [2.45, 2.75) is 63.5 Å². The number of alkyl halides is 3. The molecular formula is C30H35F3N6O3S. The summed E-state index contributed by atoms with van der Waals surface area (Å²) < 4.78 is 45.9. The highest BCUT2D eigenvalue weighted by molar-refractivity contribution is 7.18. The highest BCUT2D eigenvalue weighted by Gasteiger charge is 2.30. The number of anilines is 1. The standard InChI is InChI=1S/C30H35F3N6O3S/c1-2-9-42-18-29(41,17-40)16-39-23(14-34)11-21-10-20(3-4-26(21)39)15-38-7-5-22(6-8-38)37-27-25-12-24(13-30(31,32)33)43-28(25)36-19-35-27/h3-4,10-12,19,22,40-41H,2,5-9,13,15-18H2,1H3,(H,35,36,37). The van der Waals surface area contributed by atoms with Crippen LogP contribution in [0.4, 0.5) is 19.0 Å². The van der Waals surface area contributed by atoms with Crippen LogP contribution >= 0.6 is 11.3 Å². The Morgan fingerprint density at radius 3 is 2.67 bits per heavy atom. The number of nitriles is 1. The predicted molar refractivity (Wildman–Crippen MR) is 159 cm³/mol. The van der Waals surface area contributed by atoms with Crippen molar-refractivity contribution in [3.8, 4) is 6.07 Å². The molecule has 13 heteroatoms. The number of likely N-dealkylation sites (tertiary alicyclic amines) is 1. The molecule has 4 aromatic rings. The lowest BCUT2D eigenvalue weighted by Crippen LogP contribution is -2.43. The van der Waals surface area contributed by atoms with Crippen molar-refractivity contribution in [3.63, 3.8) is 0 Å². The van der Waals surface area contributed by atoms with Gasteiger partial charge in [-0.25, -0.2) is 9.97 Å². The fourth-order valence-corrected chi connectivity index (χ4v) is 6.54. The van der Waals surface area contributed by atoms with E-state index in [4.69, 9.17) is 4.74 Å². The summed E-state index contributed by atoms with van der Waals surface area (Å²) in [6.07, 6.45) is -1.36. The zero-order valence-corrected chi connectivity index (χ0v) is 24.7. The van der Waals surface area contributed by atoms with E-state index in [9.17, 15) is 28.6 Å². The fraction of sp³-hybridized carbons (Fsp3) is 0.500. The predicted octanol–water partition coefficient (Wildman–Crippen LogP) is 4.85. The van der Waals surface area contributed by atoms with Gasteiger partial charge in [-0.05, 0) is 49.1 Å². The third-order valence-electron chi connectivity index (χ3n) is 7.64. The minimum absolute atomic E-state index is 0.0285. The van der Waals surface area contributed by atoms with Crippen LogP contribution in [0.2, 0.25) is 0 Å². The van der Waals surface area contributed by atoms with E-state index in [1.807, 2.05) is 19.1 Å². The maximum atomic E-state index is 12.9. The summed E-state index contributed by atoms with van der Waals surface area (Å²) in [6.45, 7) is 4.35. The normalized spacial score (nSPS) is 16.5. The highest BCUT2D eigenvalue weighted by Crippen LogP contribution is 2.33. The van der Waals surface area contributed by atoms with Crippen molar-refractivity contribution in [2.75, 3.05) is 38.2 Å². The number of thiophene rings is 1. The number of aromatic nitrogens is 3. The van der Waals surface area contributed by atoms with E-state index in [1.54, 1.807) is 10.6 Å². The summed E-state index contributed by atoms with van der Waals surface area (Å²) in [7, 11) is 0. The van der Waals surface area contributed by atoms with Crippen molar-refractivity contribution in [1.82, 2.24) is 19.4 Å². The molecule has 3 N–H and O–H groups in total. The van der Waals surface area contributed by atoms with E-state index in [2.05, 4.69) is 32.3 Å². The van der Waals surface area contributed by atoms with Gasteiger partial charge in [0.05, 0.1) is 31.6 Å². The molecule has 1 atom stereocenters. The van der Waals surface area contributed by atoms with Gasteiger partial charge in [0.25, 0.3) is 0 Å². The summed E-state index contributed by atoms with van der Waals surface area (Å²) in [4.78, 5) is 11.6. The van der Waals surface area contributed by atoms with Crippen molar-refractivity contribution < 1.29 is 28.1 Å². The van der Waals surface area contributed by atoms with Gasteiger partial charge in [-0.3, -0.25) is 4.90 Å². The lowest BCUT2D eigenvalue weighted by Gasteiger charge is -2.32. The smallest absolute Gasteiger partial charge is 0.393 e. The van der Waals surface area contributed by atoms with Crippen molar-refractivity contribution in [2.24, 2.45) is 0 Å². The molecule has 0 amide bonds. The quantitative estimate of drug-likeness (QED) is 0.193. The average Bonchev–Trinajstić information content (AvgIpc) is 3.53. The Bertz CT molecular complexity index is 1590. The van der Waals surface area contributed by atoms with Crippen LogP contribution in [0.5, 0.6) is 0 Å². The summed E-state index contributed by atoms with van der Waals surface area (Å²) in [6, 6.07) is 11.7. The zero-order chi connectivity index (χ0) is 30.6. The summed E-state index contributed by atoms with van der Waals surface area (Å²) >= 11 is 1.05. The Hall–Kier alpha value is -3.28. The number of aliphatic hydroxyl groups is 2. The van der Waals surface area contributed by atoms with Gasteiger partial charge >= 0.3 is 6.18 Å². The Kier molecular flexibility index (Phi) is 9.53. The van der Waals surface area contributed by atoms with Crippen LogP contribution in [0.3, 0.4) is 0 Å². The topological polar surface area (TPSA) is 119 Å². The van der Waals surface area contributed by atoms with E-state index in [1.165, 1.54) is 12.4 Å². The number of aliphatic hydroxyl groups excluding tert-OH is 1. The summed E-state index contributed by atoms with van der Waals surface area (Å²) in [5.41, 5.74) is 0.790. The van der Waals surface area contributed by atoms with Crippen LogP contribution in [0.15, 0.2) is 36.7 Å². The van der Waals surface area contributed by atoms with Gasteiger partial charge in [0, 0.05) is 48.1 Å². The van der Waals surface area contributed by atoms with Crippen LogP contribution in [0, 0.1) is 11.3 Å². The summed E-state index contributed by atoms with van der Waals surface area (Å²) in [5, 5.41) is 35.5. The molecule has 43 heavy (non-hydrogen) atoms. The first-order valence-corrected chi connectivity index (χ1v) is 15.1. The van der Waals surface area contributed by atoms with Crippen molar-refractivity contribution >= 4 is 38.3 Å². The van der Waals surface area contributed by atoms with E-state index in [-0.39, 0.29) is 24.1 Å². The van der Waals surface area contributed by atoms with Crippen LogP contribution in [-0.2, 0) is 24.2 Å². The van der Waals surface area contributed by atoms with Gasteiger partial charge in [0.1, 0.15) is 34.3 Å². The number of nitrogens with zero attached hydrogens (tertiary/aromatic N) is 5. The Morgan fingerprint density at radius 2 is 1.98 bits per heavy atom. The lowest BCUT2D eigenvalue weighted by atomic mass is 10.0. The van der Waals surface area contributed by atoms with E-state index in [0.29, 0.717) is 28.3 Å². The first kappa shape index (κ1) is 31.2. The molecule has 5 rings (SSSR count). The second-order valence-electron chi connectivity index (χ2n) is 11.2. The molecule has 9 nitrogen and oxygen atoms in total. The Balaban J connectivity index is 1.21. The maximum Gasteiger partial charge on any atom is 0.393 e. The number of hydrogen-bond donors (Lipinski definition) is 3. The molecule has 1 aromatic carbocycles. The number of rotatable bonds is 12. The van der Waals surface area contributed by atoms with Crippen molar-refractivity contribution in [3.05, 3.63) is 52.8 Å². The van der Waals surface area contributed by atoms with E-state index < -0.39 is 24.8 Å². The second-order valence-corrected chi connectivity index (χ2v) is 12.3. The monoisotopic (exact) mass is 616 g/mol. The molecule has 0 saturated carbocycles. The average molecular weight is 617 g/mol. The molecular weight excluding hydrogens is 581 g/mol. The molecule has 1 aliphatic rings. The molecule has 0 spiro atoms. The Labute approximate surface area is 251 Å². The van der Waals surface area contributed by atoms with Gasteiger partial charge in [0.2, 0.25) is 0 Å². The number of hydrogen-bond acceptors (Lipinski definition) is 9. The molecule has 0 aliphatic carbocycles. The van der Waals surface area contributed by atoms with Crippen LogP contribution in [-0.4, -0.2) is 80.4 Å². The fourth-order valence-electron chi connectivity index (χ4n) is 5.52. The van der Waals surface area contributed by atoms with Crippen LogP contribution in [0.25, 0.3) is 21.1 Å². The number of halogens is 3. The number of nitrogens with one attached hydrogen (secondary N) is 1. The summed E-state index contributed by atoms with van der Waals surface area (Å²) in [5.74, 6) is 0.571. The minimum Gasteiger partial charge on any atom is -0.393 e. The van der Waals surface area contributed by atoms with Crippen molar-refractivity contribution in [1.29, 1.82) is 5.26 Å². The third-order valence-corrected chi connectivity index (χ3v) is 8.68. The lowest BCUT2D eigenvalue weighted by molar-refractivity contribution is -0.126. The highest BCUT2D eigenvalue weighted by atomic mass is 32.1. The number of benzene rings is 1. The first-order chi connectivity index (χ1) is 20.6. The van der Waals surface area contributed by atoms with Gasteiger partial charge in [-0.2, -0.15) is 18.4 Å². The molecule has 0 radical (unpaired) electrons. The number of piperidine rings is 1. The molecule has 1 unspecified atom stereocenters. The minimum atomic E-state index is -4.27. The van der Waals surface area contributed by atoms with Crippen LogP contribution < -0.4 is 5.32 Å². The largest absolute Gasteiger partial charge is 0.393 e.